The minimum atomic E-state index is -1.08. The average molecular weight is 450 g/mol. The zero-order valence-corrected chi connectivity index (χ0v) is 18.5. The van der Waals surface area contributed by atoms with E-state index < -0.39 is 5.97 Å². The summed E-state index contributed by atoms with van der Waals surface area (Å²) in [4.78, 5) is 29.0. The van der Waals surface area contributed by atoms with Crippen LogP contribution in [0.1, 0.15) is 26.3 Å². The summed E-state index contributed by atoms with van der Waals surface area (Å²) in [5, 5.41) is 13.2. The van der Waals surface area contributed by atoms with Gasteiger partial charge in [0.05, 0.1) is 22.0 Å². The number of carboxylic acid groups (broad SMARTS) is 1. The molecule has 0 bridgehead atoms. The largest absolute Gasteiger partial charge is 0.478 e. The molecule has 7 heteroatoms. The lowest BCUT2D eigenvalue weighted by Gasteiger charge is -2.37. The maximum Gasteiger partial charge on any atom is 0.337 e. The molecule has 1 heterocycles. The van der Waals surface area contributed by atoms with Crippen LogP contribution in [0, 0.1) is 6.92 Å². The van der Waals surface area contributed by atoms with E-state index in [9.17, 15) is 14.7 Å². The first-order valence-corrected chi connectivity index (χ1v) is 10.8. The maximum absolute atomic E-state index is 12.7. The van der Waals surface area contributed by atoms with Crippen LogP contribution in [0.4, 0.5) is 17.1 Å². The molecule has 0 radical (unpaired) electrons. The fraction of sp³-hybridized carbons (Fsp3) is 0.200. The third-order valence-corrected chi connectivity index (χ3v) is 6.03. The summed E-state index contributed by atoms with van der Waals surface area (Å²) in [6, 6.07) is 20.1. The Morgan fingerprint density at radius 1 is 0.875 bits per heavy atom. The Bertz CT molecular complexity index is 1160. The molecule has 3 aromatic rings. The van der Waals surface area contributed by atoms with E-state index in [1.807, 2.05) is 49.4 Å². The second-order valence-corrected chi connectivity index (χ2v) is 8.14. The third-order valence-electron chi connectivity index (χ3n) is 5.71. The van der Waals surface area contributed by atoms with Crippen molar-refractivity contribution in [2.24, 2.45) is 0 Å². The average Bonchev–Trinajstić information content (AvgIpc) is 2.80. The zero-order chi connectivity index (χ0) is 22.7. The van der Waals surface area contributed by atoms with E-state index in [0.29, 0.717) is 5.56 Å². The Hall–Kier alpha value is -3.51. The second kappa shape index (κ2) is 9.32. The number of piperazine rings is 1. The van der Waals surface area contributed by atoms with Gasteiger partial charge >= 0.3 is 5.97 Å². The van der Waals surface area contributed by atoms with E-state index in [2.05, 4.69) is 15.1 Å². The number of hydrogen-bond acceptors (Lipinski definition) is 4. The number of para-hydroxylation sites is 1. The summed E-state index contributed by atoms with van der Waals surface area (Å²) in [6.07, 6.45) is 0. The number of aromatic carboxylic acids is 1. The second-order valence-electron chi connectivity index (χ2n) is 7.73. The van der Waals surface area contributed by atoms with Crippen molar-refractivity contribution in [2.45, 2.75) is 6.92 Å². The molecule has 1 saturated heterocycles. The Labute approximate surface area is 192 Å². The lowest BCUT2D eigenvalue weighted by molar-refractivity contribution is 0.0698. The molecular formula is C25H24ClN3O3. The van der Waals surface area contributed by atoms with Gasteiger partial charge in [-0.05, 0) is 48.9 Å². The number of anilines is 3. The van der Waals surface area contributed by atoms with Crippen LogP contribution >= 0.6 is 11.6 Å². The Morgan fingerprint density at radius 3 is 2.22 bits per heavy atom. The molecule has 6 nitrogen and oxygen atoms in total. The molecule has 0 aromatic heterocycles. The van der Waals surface area contributed by atoms with E-state index in [0.717, 1.165) is 48.1 Å². The van der Waals surface area contributed by atoms with Gasteiger partial charge in [-0.3, -0.25) is 4.79 Å². The summed E-state index contributed by atoms with van der Waals surface area (Å²) in [6.45, 7) is 4.87. The molecule has 0 spiro atoms. The summed E-state index contributed by atoms with van der Waals surface area (Å²) in [7, 11) is 0. The van der Waals surface area contributed by atoms with Crippen LogP contribution in [0.25, 0.3) is 0 Å². The van der Waals surface area contributed by atoms with Crippen LogP contribution in [0.15, 0.2) is 66.7 Å². The van der Waals surface area contributed by atoms with Gasteiger partial charge in [0.15, 0.2) is 0 Å². The van der Waals surface area contributed by atoms with E-state index in [1.54, 1.807) is 24.3 Å². The lowest BCUT2D eigenvalue weighted by Crippen LogP contribution is -2.46. The molecule has 1 aliphatic heterocycles. The molecule has 0 saturated carbocycles. The third kappa shape index (κ3) is 4.55. The lowest BCUT2D eigenvalue weighted by atomic mass is 10.1. The van der Waals surface area contributed by atoms with E-state index >= 15 is 0 Å². The predicted octanol–water partition coefficient (Wildman–Crippen LogP) is 4.93. The van der Waals surface area contributed by atoms with Gasteiger partial charge in [-0.25, -0.2) is 4.79 Å². The minimum absolute atomic E-state index is 0.0676. The maximum atomic E-state index is 12.7. The van der Waals surface area contributed by atoms with Crippen LogP contribution in [0.5, 0.6) is 0 Å². The molecule has 3 aromatic carbocycles. The number of rotatable bonds is 5. The Kier molecular flexibility index (Phi) is 6.32. The molecule has 1 aliphatic rings. The van der Waals surface area contributed by atoms with Gasteiger partial charge in [-0.15, -0.1) is 0 Å². The van der Waals surface area contributed by atoms with Crippen LogP contribution in [-0.4, -0.2) is 43.2 Å². The van der Waals surface area contributed by atoms with Crippen molar-refractivity contribution in [2.75, 3.05) is 41.3 Å². The summed E-state index contributed by atoms with van der Waals surface area (Å²) in [5.41, 5.74) is 3.52. The fourth-order valence-electron chi connectivity index (χ4n) is 3.95. The van der Waals surface area contributed by atoms with Crippen LogP contribution in [0.2, 0.25) is 5.02 Å². The summed E-state index contributed by atoms with van der Waals surface area (Å²) >= 11 is 6.32. The van der Waals surface area contributed by atoms with Crippen LogP contribution in [-0.2, 0) is 0 Å². The number of nitrogens with one attached hydrogen (secondary N) is 1. The summed E-state index contributed by atoms with van der Waals surface area (Å²) in [5.74, 6) is -1.41. The van der Waals surface area contributed by atoms with Gasteiger partial charge in [0.1, 0.15) is 0 Å². The molecule has 32 heavy (non-hydrogen) atoms. The molecule has 0 aliphatic carbocycles. The number of amides is 1. The Balaban J connectivity index is 1.50. The minimum Gasteiger partial charge on any atom is -0.478 e. The zero-order valence-electron chi connectivity index (χ0n) is 17.7. The molecule has 1 fully saturated rings. The van der Waals surface area contributed by atoms with Gasteiger partial charge < -0.3 is 20.2 Å². The van der Waals surface area contributed by atoms with E-state index in [1.165, 1.54) is 0 Å². The van der Waals surface area contributed by atoms with Gasteiger partial charge in [0, 0.05) is 37.4 Å². The molecule has 1 amide bonds. The number of carbonyl (C=O) groups is 2. The van der Waals surface area contributed by atoms with Crippen molar-refractivity contribution in [1.29, 1.82) is 0 Å². The topological polar surface area (TPSA) is 72.9 Å². The molecule has 0 atom stereocenters. The highest BCUT2D eigenvalue weighted by molar-refractivity contribution is 6.33. The number of hydrogen-bond donors (Lipinski definition) is 2. The van der Waals surface area contributed by atoms with Gasteiger partial charge in [0.2, 0.25) is 0 Å². The number of aryl methyl sites for hydroxylation is 1. The summed E-state index contributed by atoms with van der Waals surface area (Å²) < 4.78 is 0. The van der Waals surface area contributed by atoms with Gasteiger partial charge in [-0.2, -0.15) is 0 Å². The molecule has 4 rings (SSSR count). The number of benzene rings is 3. The highest BCUT2D eigenvalue weighted by atomic mass is 35.5. The molecule has 164 valence electrons. The van der Waals surface area contributed by atoms with Crippen molar-refractivity contribution in [3.8, 4) is 0 Å². The van der Waals surface area contributed by atoms with Crippen LogP contribution in [0.3, 0.4) is 0 Å². The number of nitrogens with zero attached hydrogens (tertiary/aromatic N) is 2. The first-order chi connectivity index (χ1) is 15.4. The number of carboxylic acids is 1. The molecule has 0 unspecified atom stereocenters. The molecular weight excluding hydrogens is 426 g/mol. The van der Waals surface area contributed by atoms with Crippen molar-refractivity contribution >= 4 is 40.5 Å². The quantitative estimate of drug-likeness (QED) is 0.578. The van der Waals surface area contributed by atoms with Crippen molar-refractivity contribution in [3.63, 3.8) is 0 Å². The standard InChI is InChI=1S/C25H24ClN3O3/c1-17-6-2-3-7-19(17)24(30)27-22-11-10-18(16-20(22)25(31)32)28-12-14-29(15-13-28)23-9-5-4-8-21(23)26/h2-11,16H,12-15H2,1H3,(H,27,30)(H,31,32). The first-order valence-electron chi connectivity index (χ1n) is 10.4. The van der Waals surface area contributed by atoms with E-state index in [4.69, 9.17) is 11.6 Å². The van der Waals surface area contributed by atoms with Crippen molar-refractivity contribution in [3.05, 3.63) is 88.4 Å². The Morgan fingerprint density at radius 2 is 1.53 bits per heavy atom. The first kappa shape index (κ1) is 21.7. The highest BCUT2D eigenvalue weighted by Gasteiger charge is 2.21. The highest BCUT2D eigenvalue weighted by Crippen LogP contribution is 2.29. The van der Waals surface area contributed by atoms with Gasteiger partial charge in [-0.1, -0.05) is 41.9 Å². The number of halogens is 1. The number of carbonyl (C=O) groups excluding carboxylic acids is 1. The fourth-order valence-corrected chi connectivity index (χ4v) is 4.20. The van der Waals surface area contributed by atoms with Crippen molar-refractivity contribution in [1.82, 2.24) is 0 Å². The smallest absolute Gasteiger partial charge is 0.337 e. The SMILES string of the molecule is Cc1ccccc1C(=O)Nc1ccc(N2CCN(c3ccccc3Cl)CC2)cc1C(=O)O. The normalized spacial score (nSPS) is 13.7. The molecule has 2 N–H and O–H groups in total. The van der Waals surface area contributed by atoms with E-state index in [-0.39, 0.29) is 17.2 Å². The predicted molar refractivity (Wildman–Crippen MR) is 128 cm³/mol. The van der Waals surface area contributed by atoms with Gasteiger partial charge in [0.25, 0.3) is 5.91 Å². The monoisotopic (exact) mass is 449 g/mol. The van der Waals surface area contributed by atoms with Crippen molar-refractivity contribution < 1.29 is 14.7 Å². The van der Waals surface area contributed by atoms with Crippen LogP contribution < -0.4 is 15.1 Å².